The molecule has 0 bridgehead atoms. The normalized spacial score (nSPS) is 10.7. The van der Waals surface area contributed by atoms with Crippen LogP contribution in [0.1, 0.15) is 245 Å². The molecule has 0 saturated heterocycles. The maximum Gasteiger partial charge on any atom is 0.303 e. The summed E-state index contributed by atoms with van der Waals surface area (Å²) >= 11 is 0. The molecular weight excluding hydrogens is 610 g/mol. The number of hydrogen-bond donors (Lipinski definition) is 2. The van der Waals surface area contributed by atoms with Gasteiger partial charge in [-0.05, 0) is 12.8 Å². The van der Waals surface area contributed by atoms with Crippen molar-refractivity contribution < 1.29 is 39.3 Å². The van der Waals surface area contributed by atoms with E-state index in [9.17, 15) is 9.59 Å². The number of carbonyl (C=O) groups is 2. The van der Waals surface area contributed by atoms with Crippen LogP contribution in [0.3, 0.4) is 0 Å². The molecule has 0 aromatic carbocycles. The quantitative estimate of drug-likeness (QED) is 0.0507. The van der Waals surface area contributed by atoms with E-state index in [4.69, 9.17) is 10.2 Å². The van der Waals surface area contributed by atoms with E-state index in [-0.39, 0.29) is 19.5 Å². The van der Waals surface area contributed by atoms with E-state index in [0.29, 0.717) is 12.8 Å². The molecule has 0 amide bonds. The average molecular weight is 690 g/mol. The zero-order valence-corrected chi connectivity index (χ0v) is 33.8. The molecule has 266 valence electrons. The van der Waals surface area contributed by atoms with E-state index in [1.54, 1.807) is 0 Å². The van der Waals surface area contributed by atoms with Crippen molar-refractivity contribution in [1.29, 1.82) is 0 Å². The Morgan fingerprint density at radius 3 is 0.556 bits per heavy atom. The van der Waals surface area contributed by atoms with Crippen LogP contribution < -0.4 is 0 Å². The van der Waals surface area contributed by atoms with Crippen LogP contribution in [0.2, 0.25) is 0 Å². The summed E-state index contributed by atoms with van der Waals surface area (Å²) in [5.74, 6) is -1.30. The molecule has 0 aliphatic carbocycles. The standard InChI is InChI=1S/2C20H40O2.Zn/c2*1-2-3-4-5-6-7-8-9-10-11-12-13-14-15-16-17-18-19-20(21)22;/h2*2-19H2,1H3,(H,21,22);. The summed E-state index contributed by atoms with van der Waals surface area (Å²) < 4.78 is 0. The van der Waals surface area contributed by atoms with Crippen LogP contribution in [-0.2, 0) is 29.1 Å². The van der Waals surface area contributed by atoms with Crippen molar-refractivity contribution in [2.24, 2.45) is 0 Å². The Bertz CT molecular complexity index is 506. The van der Waals surface area contributed by atoms with Crippen molar-refractivity contribution in [3.05, 3.63) is 0 Å². The number of carboxylic acids is 2. The molecular formula is C40H80O4Zn. The minimum Gasteiger partial charge on any atom is -0.481 e. The first kappa shape index (κ1) is 49.0. The first-order valence-corrected chi connectivity index (χ1v) is 20.0. The molecule has 0 heterocycles. The fourth-order valence-corrected chi connectivity index (χ4v) is 6.00. The van der Waals surface area contributed by atoms with Gasteiger partial charge in [-0.25, -0.2) is 0 Å². The number of carboxylic acid groups (broad SMARTS) is 2. The Balaban J connectivity index is -0.000000767. The maximum atomic E-state index is 10.4. The average Bonchev–Trinajstić information content (AvgIpc) is 3.00. The molecule has 0 fully saturated rings. The zero-order valence-electron chi connectivity index (χ0n) is 30.9. The molecule has 45 heavy (non-hydrogen) atoms. The van der Waals surface area contributed by atoms with E-state index >= 15 is 0 Å². The van der Waals surface area contributed by atoms with Gasteiger partial charge < -0.3 is 10.2 Å². The molecule has 0 aromatic rings. The van der Waals surface area contributed by atoms with E-state index in [1.165, 1.54) is 193 Å². The van der Waals surface area contributed by atoms with E-state index in [2.05, 4.69) is 13.8 Å². The molecule has 0 aliphatic rings. The van der Waals surface area contributed by atoms with Gasteiger partial charge in [0, 0.05) is 32.3 Å². The van der Waals surface area contributed by atoms with Crippen molar-refractivity contribution in [2.45, 2.75) is 245 Å². The molecule has 0 aromatic heterocycles. The second-order valence-electron chi connectivity index (χ2n) is 13.6. The first-order valence-electron chi connectivity index (χ1n) is 20.0. The summed E-state index contributed by atoms with van der Waals surface area (Å²) in [6, 6.07) is 0. The number of rotatable bonds is 36. The van der Waals surface area contributed by atoms with Crippen molar-refractivity contribution in [1.82, 2.24) is 0 Å². The molecule has 0 aliphatic heterocycles. The van der Waals surface area contributed by atoms with Gasteiger partial charge in [-0.2, -0.15) is 0 Å². The van der Waals surface area contributed by atoms with Crippen LogP contribution in [0.5, 0.6) is 0 Å². The monoisotopic (exact) mass is 689 g/mol. The van der Waals surface area contributed by atoms with Crippen molar-refractivity contribution in [3.8, 4) is 0 Å². The molecule has 0 saturated carbocycles. The molecule has 4 nitrogen and oxygen atoms in total. The molecule has 0 atom stereocenters. The summed E-state index contributed by atoms with van der Waals surface area (Å²) in [6.45, 7) is 4.55. The predicted octanol–water partition coefficient (Wildman–Crippen LogP) is 14.2. The predicted molar refractivity (Wildman–Crippen MR) is 193 cm³/mol. The smallest absolute Gasteiger partial charge is 0.303 e. The third-order valence-electron chi connectivity index (χ3n) is 8.99. The Morgan fingerprint density at radius 2 is 0.422 bits per heavy atom. The molecule has 0 rings (SSSR count). The van der Waals surface area contributed by atoms with Crippen LogP contribution in [0.25, 0.3) is 0 Å². The topological polar surface area (TPSA) is 74.6 Å². The van der Waals surface area contributed by atoms with Gasteiger partial charge in [0.2, 0.25) is 0 Å². The second kappa shape index (κ2) is 45.7. The van der Waals surface area contributed by atoms with E-state index < -0.39 is 11.9 Å². The van der Waals surface area contributed by atoms with Crippen molar-refractivity contribution in [2.75, 3.05) is 0 Å². The number of unbranched alkanes of at least 4 members (excludes halogenated alkanes) is 32. The summed E-state index contributed by atoms with van der Waals surface area (Å²) in [4.78, 5) is 20.7. The van der Waals surface area contributed by atoms with Crippen LogP contribution in [0.4, 0.5) is 0 Å². The van der Waals surface area contributed by atoms with E-state index in [1.807, 2.05) is 0 Å². The third-order valence-corrected chi connectivity index (χ3v) is 8.99. The van der Waals surface area contributed by atoms with Crippen molar-refractivity contribution in [3.63, 3.8) is 0 Å². The van der Waals surface area contributed by atoms with Gasteiger partial charge in [0.1, 0.15) is 0 Å². The maximum absolute atomic E-state index is 10.4. The SMILES string of the molecule is CCCCCCCCCCCCCCCCCCCC(=O)O.CCCCCCCCCCCCCCCCCCCC(=O)O.[Zn]. The van der Waals surface area contributed by atoms with Gasteiger partial charge in [-0.3, -0.25) is 9.59 Å². The minimum atomic E-state index is -0.652. The van der Waals surface area contributed by atoms with E-state index in [0.717, 1.165) is 25.7 Å². The van der Waals surface area contributed by atoms with Gasteiger partial charge in [0.05, 0.1) is 0 Å². The number of hydrogen-bond acceptors (Lipinski definition) is 2. The second-order valence-corrected chi connectivity index (χ2v) is 13.6. The van der Waals surface area contributed by atoms with Crippen LogP contribution in [-0.4, -0.2) is 22.2 Å². The zero-order chi connectivity index (χ0) is 32.6. The summed E-state index contributed by atoms with van der Waals surface area (Å²) in [6.07, 6.45) is 46.3. The van der Waals surface area contributed by atoms with Gasteiger partial charge >= 0.3 is 11.9 Å². The summed E-state index contributed by atoms with van der Waals surface area (Å²) in [7, 11) is 0. The minimum absolute atomic E-state index is 0. The van der Waals surface area contributed by atoms with Gasteiger partial charge in [-0.15, -0.1) is 0 Å². The fourth-order valence-electron chi connectivity index (χ4n) is 6.00. The third kappa shape index (κ3) is 53.3. The van der Waals surface area contributed by atoms with Gasteiger partial charge in [-0.1, -0.05) is 219 Å². The van der Waals surface area contributed by atoms with Crippen LogP contribution >= 0.6 is 0 Å². The molecule has 2 N–H and O–H groups in total. The Morgan fingerprint density at radius 1 is 0.289 bits per heavy atom. The number of aliphatic carboxylic acids is 2. The van der Waals surface area contributed by atoms with Gasteiger partial charge in [0.15, 0.2) is 0 Å². The first-order chi connectivity index (χ1) is 21.5. The van der Waals surface area contributed by atoms with Crippen LogP contribution in [0.15, 0.2) is 0 Å². The summed E-state index contributed by atoms with van der Waals surface area (Å²) in [5.41, 5.74) is 0. The Kier molecular flexibility index (Phi) is 49.7. The molecule has 0 radical (unpaired) electrons. The molecule has 5 heteroatoms. The molecule has 0 unspecified atom stereocenters. The molecule has 0 spiro atoms. The Labute approximate surface area is 295 Å². The largest absolute Gasteiger partial charge is 0.481 e. The summed E-state index contributed by atoms with van der Waals surface area (Å²) in [5, 5.41) is 17.1. The van der Waals surface area contributed by atoms with Crippen molar-refractivity contribution >= 4 is 11.9 Å². The van der Waals surface area contributed by atoms with Crippen LogP contribution in [0, 0.1) is 0 Å². The van der Waals surface area contributed by atoms with Gasteiger partial charge in [0.25, 0.3) is 0 Å². The fraction of sp³-hybridized carbons (Fsp3) is 0.950. The Hall–Kier alpha value is -0.437.